The van der Waals surface area contributed by atoms with Gasteiger partial charge >= 0.3 is 0 Å². The van der Waals surface area contributed by atoms with Crippen molar-refractivity contribution in [1.82, 2.24) is 14.8 Å². The van der Waals surface area contributed by atoms with Crippen molar-refractivity contribution >= 4 is 11.8 Å². The molecule has 0 N–H and O–H groups in total. The standard InChI is InChI=1S/C19H21N3O2/c1-2-15-5-7-16(8-6-15)18(23)21-10-12-22(13-11-21)19(24)17-4-3-9-20-14-17/h3-9,14H,2,10-13H2,1H3. The van der Waals surface area contributed by atoms with Gasteiger partial charge in [-0.15, -0.1) is 0 Å². The Morgan fingerprint density at radius 1 is 0.917 bits per heavy atom. The maximum absolute atomic E-state index is 12.6. The van der Waals surface area contributed by atoms with Gasteiger partial charge in [-0.2, -0.15) is 0 Å². The molecule has 0 radical (unpaired) electrons. The number of piperazine rings is 1. The number of hydrogen-bond donors (Lipinski definition) is 0. The third kappa shape index (κ3) is 3.45. The molecule has 1 saturated heterocycles. The highest BCUT2D eigenvalue weighted by atomic mass is 16.2. The Morgan fingerprint density at radius 3 is 2.00 bits per heavy atom. The summed E-state index contributed by atoms with van der Waals surface area (Å²) in [6.45, 7) is 4.30. The molecule has 2 heterocycles. The second-order valence-electron chi connectivity index (χ2n) is 5.88. The predicted molar refractivity (Wildman–Crippen MR) is 91.9 cm³/mol. The molecule has 24 heavy (non-hydrogen) atoms. The van der Waals surface area contributed by atoms with Gasteiger partial charge in [0, 0.05) is 44.1 Å². The zero-order valence-corrected chi connectivity index (χ0v) is 13.8. The van der Waals surface area contributed by atoms with Gasteiger partial charge in [0.1, 0.15) is 0 Å². The minimum atomic E-state index is -0.0255. The molecular formula is C19H21N3O2. The first-order chi connectivity index (χ1) is 11.7. The summed E-state index contributed by atoms with van der Waals surface area (Å²) < 4.78 is 0. The molecule has 124 valence electrons. The molecule has 1 aliphatic heterocycles. The Hall–Kier alpha value is -2.69. The molecule has 1 aliphatic rings. The molecule has 0 bridgehead atoms. The van der Waals surface area contributed by atoms with E-state index in [0.717, 1.165) is 6.42 Å². The van der Waals surface area contributed by atoms with Gasteiger partial charge in [-0.1, -0.05) is 19.1 Å². The fourth-order valence-electron chi connectivity index (χ4n) is 2.85. The highest BCUT2D eigenvalue weighted by molar-refractivity contribution is 5.95. The minimum absolute atomic E-state index is 0.0255. The fraction of sp³-hybridized carbons (Fsp3) is 0.316. The van der Waals surface area contributed by atoms with Crippen LogP contribution in [0.1, 0.15) is 33.2 Å². The van der Waals surface area contributed by atoms with E-state index in [2.05, 4.69) is 11.9 Å². The van der Waals surface area contributed by atoms with E-state index in [0.29, 0.717) is 37.3 Å². The fourth-order valence-corrected chi connectivity index (χ4v) is 2.85. The van der Waals surface area contributed by atoms with Crippen molar-refractivity contribution in [1.29, 1.82) is 0 Å². The van der Waals surface area contributed by atoms with Crippen LogP contribution in [0.3, 0.4) is 0 Å². The lowest BCUT2D eigenvalue weighted by atomic mass is 10.1. The number of nitrogens with zero attached hydrogens (tertiary/aromatic N) is 3. The lowest BCUT2D eigenvalue weighted by Crippen LogP contribution is -2.50. The first-order valence-corrected chi connectivity index (χ1v) is 8.26. The smallest absolute Gasteiger partial charge is 0.255 e. The summed E-state index contributed by atoms with van der Waals surface area (Å²) >= 11 is 0. The molecule has 1 fully saturated rings. The van der Waals surface area contributed by atoms with E-state index in [1.165, 1.54) is 5.56 Å². The molecule has 1 aromatic heterocycles. The van der Waals surface area contributed by atoms with E-state index in [4.69, 9.17) is 0 Å². The summed E-state index contributed by atoms with van der Waals surface area (Å²) in [5, 5.41) is 0. The average molecular weight is 323 g/mol. The summed E-state index contributed by atoms with van der Waals surface area (Å²) in [7, 11) is 0. The van der Waals surface area contributed by atoms with Crippen LogP contribution in [0.25, 0.3) is 0 Å². The van der Waals surface area contributed by atoms with E-state index in [1.54, 1.807) is 29.4 Å². The molecule has 5 nitrogen and oxygen atoms in total. The minimum Gasteiger partial charge on any atom is -0.335 e. The van der Waals surface area contributed by atoms with Crippen molar-refractivity contribution in [2.75, 3.05) is 26.2 Å². The van der Waals surface area contributed by atoms with Crippen molar-refractivity contribution in [2.45, 2.75) is 13.3 Å². The van der Waals surface area contributed by atoms with Crippen molar-refractivity contribution in [2.24, 2.45) is 0 Å². The maximum atomic E-state index is 12.6. The van der Waals surface area contributed by atoms with Crippen LogP contribution in [0.5, 0.6) is 0 Å². The molecule has 0 unspecified atom stereocenters. The summed E-state index contributed by atoms with van der Waals surface area (Å²) in [6, 6.07) is 11.3. The molecule has 0 aliphatic carbocycles. The first kappa shape index (κ1) is 16.2. The molecule has 0 atom stereocenters. The van der Waals surface area contributed by atoms with Gasteiger partial charge < -0.3 is 9.80 Å². The molecule has 0 saturated carbocycles. The van der Waals surface area contributed by atoms with Gasteiger partial charge in [0.25, 0.3) is 11.8 Å². The van der Waals surface area contributed by atoms with E-state index < -0.39 is 0 Å². The number of aryl methyl sites for hydroxylation is 1. The lowest BCUT2D eigenvalue weighted by Gasteiger charge is -2.34. The van der Waals surface area contributed by atoms with Crippen molar-refractivity contribution < 1.29 is 9.59 Å². The lowest BCUT2D eigenvalue weighted by molar-refractivity contribution is 0.0535. The predicted octanol–water partition coefficient (Wildman–Crippen LogP) is 2.24. The van der Waals surface area contributed by atoms with Crippen LogP contribution in [-0.4, -0.2) is 52.8 Å². The third-order valence-electron chi connectivity index (χ3n) is 4.37. The Labute approximate surface area is 141 Å². The van der Waals surface area contributed by atoms with Crippen LogP contribution in [0.2, 0.25) is 0 Å². The van der Waals surface area contributed by atoms with Gasteiger partial charge in [0.05, 0.1) is 5.56 Å². The highest BCUT2D eigenvalue weighted by Gasteiger charge is 2.25. The number of aromatic nitrogens is 1. The topological polar surface area (TPSA) is 53.5 Å². The van der Waals surface area contributed by atoms with Crippen molar-refractivity contribution in [3.63, 3.8) is 0 Å². The van der Waals surface area contributed by atoms with Crippen LogP contribution in [0.15, 0.2) is 48.8 Å². The van der Waals surface area contributed by atoms with Gasteiger partial charge in [0.2, 0.25) is 0 Å². The zero-order chi connectivity index (χ0) is 16.9. The number of carbonyl (C=O) groups excluding carboxylic acids is 2. The number of hydrogen-bond acceptors (Lipinski definition) is 3. The Kier molecular flexibility index (Phi) is 4.89. The molecule has 1 aromatic carbocycles. The molecule has 3 rings (SSSR count). The second-order valence-corrected chi connectivity index (χ2v) is 5.88. The number of benzene rings is 1. The summed E-state index contributed by atoms with van der Waals surface area (Å²) in [5.74, 6) is 0.00799. The Bertz CT molecular complexity index is 705. The Balaban J connectivity index is 1.60. The van der Waals surface area contributed by atoms with E-state index in [9.17, 15) is 9.59 Å². The number of amides is 2. The van der Waals surface area contributed by atoms with Gasteiger partial charge in [-0.05, 0) is 36.2 Å². The average Bonchev–Trinajstić information content (AvgIpc) is 2.68. The molecule has 2 aromatic rings. The number of rotatable bonds is 3. The summed E-state index contributed by atoms with van der Waals surface area (Å²) in [4.78, 5) is 32.5. The Morgan fingerprint density at radius 2 is 1.50 bits per heavy atom. The van der Waals surface area contributed by atoms with Crippen molar-refractivity contribution in [3.8, 4) is 0 Å². The largest absolute Gasteiger partial charge is 0.335 e. The van der Waals surface area contributed by atoms with Gasteiger partial charge in [-0.25, -0.2) is 0 Å². The summed E-state index contributed by atoms with van der Waals surface area (Å²) in [6.07, 6.45) is 4.19. The van der Waals surface area contributed by atoms with Crippen LogP contribution in [0, 0.1) is 0 Å². The number of pyridine rings is 1. The highest BCUT2D eigenvalue weighted by Crippen LogP contribution is 2.12. The van der Waals surface area contributed by atoms with Crippen LogP contribution in [0.4, 0.5) is 0 Å². The SMILES string of the molecule is CCc1ccc(C(=O)N2CCN(C(=O)c3cccnc3)CC2)cc1. The molecule has 2 amide bonds. The van der Waals surface area contributed by atoms with Crippen LogP contribution in [-0.2, 0) is 6.42 Å². The van der Waals surface area contributed by atoms with Gasteiger partial charge in [-0.3, -0.25) is 14.6 Å². The van der Waals surface area contributed by atoms with E-state index in [-0.39, 0.29) is 11.8 Å². The zero-order valence-electron chi connectivity index (χ0n) is 13.8. The van der Waals surface area contributed by atoms with Crippen LogP contribution < -0.4 is 0 Å². The normalized spacial score (nSPS) is 14.5. The number of carbonyl (C=O) groups is 2. The second kappa shape index (κ2) is 7.25. The van der Waals surface area contributed by atoms with E-state index in [1.807, 2.05) is 29.2 Å². The maximum Gasteiger partial charge on any atom is 0.255 e. The van der Waals surface area contributed by atoms with E-state index >= 15 is 0 Å². The quantitative estimate of drug-likeness (QED) is 0.870. The molecular weight excluding hydrogens is 302 g/mol. The third-order valence-corrected chi connectivity index (χ3v) is 4.37. The van der Waals surface area contributed by atoms with Gasteiger partial charge in [0.15, 0.2) is 0 Å². The molecule has 5 heteroatoms. The van der Waals surface area contributed by atoms with Crippen molar-refractivity contribution in [3.05, 3.63) is 65.5 Å². The first-order valence-electron chi connectivity index (χ1n) is 8.26. The molecule has 0 spiro atoms. The summed E-state index contributed by atoms with van der Waals surface area (Å²) in [5.41, 5.74) is 2.52. The monoisotopic (exact) mass is 323 g/mol. The van der Waals surface area contributed by atoms with Crippen LogP contribution >= 0.6 is 0 Å².